The van der Waals surface area contributed by atoms with Gasteiger partial charge in [0, 0.05) is 12.3 Å². The van der Waals surface area contributed by atoms with Crippen molar-refractivity contribution in [3.63, 3.8) is 0 Å². The van der Waals surface area contributed by atoms with Crippen LogP contribution in [0.2, 0.25) is 0 Å². The van der Waals surface area contributed by atoms with Crippen LogP contribution in [0.25, 0.3) is 0 Å². The SMILES string of the molecule is Cc1nnsc1SCCNC(=O)c1c(F)cccc1F. The van der Waals surface area contributed by atoms with Crippen molar-refractivity contribution in [2.75, 3.05) is 12.3 Å². The van der Waals surface area contributed by atoms with Crippen LogP contribution in [0.5, 0.6) is 0 Å². The first-order valence-corrected chi connectivity index (χ1v) is 7.49. The van der Waals surface area contributed by atoms with E-state index in [1.165, 1.54) is 29.4 Å². The lowest BCUT2D eigenvalue weighted by Gasteiger charge is -2.06. The van der Waals surface area contributed by atoms with E-state index >= 15 is 0 Å². The quantitative estimate of drug-likeness (QED) is 0.681. The zero-order valence-corrected chi connectivity index (χ0v) is 12.2. The van der Waals surface area contributed by atoms with Gasteiger partial charge in [-0.1, -0.05) is 10.6 Å². The number of benzene rings is 1. The Morgan fingerprint density at radius 3 is 2.70 bits per heavy atom. The Balaban J connectivity index is 1.85. The van der Waals surface area contributed by atoms with Crippen molar-refractivity contribution < 1.29 is 13.6 Å². The number of aryl methyl sites for hydroxylation is 1. The van der Waals surface area contributed by atoms with E-state index in [1.54, 1.807) is 0 Å². The van der Waals surface area contributed by atoms with Gasteiger partial charge in [-0.2, -0.15) is 0 Å². The van der Waals surface area contributed by atoms with Crippen LogP contribution >= 0.6 is 23.3 Å². The number of amides is 1. The summed E-state index contributed by atoms with van der Waals surface area (Å²) in [5.74, 6) is -1.90. The number of carbonyl (C=O) groups excluding carboxylic acids is 1. The highest BCUT2D eigenvalue weighted by atomic mass is 32.2. The van der Waals surface area contributed by atoms with Gasteiger partial charge in [-0.15, -0.1) is 16.9 Å². The Kier molecular flexibility index (Phi) is 5.02. The summed E-state index contributed by atoms with van der Waals surface area (Å²) in [6, 6.07) is 3.33. The van der Waals surface area contributed by atoms with Crippen molar-refractivity contribution in [2.24, 2.45) is 0 Å². The lowest BCUT2D eigenvalue weighted by molar-refractivity contribution is 0.0948. The molecule has 0 saturated heterocycles. The van der Waals surface area contributed by atoms with Crippen LogP contribution in [-0.2, 0) is 0 Å². The molecule has 1 heterocycles. The summed E-state index contributed by atoms with van der Waals surface area (Å²) in [7, 11) is 0. The molecule has 1 N–H and O–H groups in total. The van der Waals surface area contributed by atoms with Crippen LogP contribution in [0.4, 0.5) is 8.78 Å². The lowest BCUT2D eigenvalue weighted by atomic mass is 10.2. The van der Waals surface area contributed by atoms with E-state index in [0.717, 1.165) is 22.0 Å². The highest BCUT2D eigenvalue weighted by Gasteiger charge is 2.16. The lowest BCUT2D eigenvalue weighted by Crippen LogP contribution is -2.27. The summed E-state index contributed by atoms with van der Waals surface area (Å²) < 4.78 is 31.5. The van der Waals surface area contributed by atoms with Gasteiger partial charge in [0.25, 0.3) is 5.91 Å². The minimum absolute atomic E-state index is 0.300. The highest BCUT2D eigenvalue weighted by Crippen LogP contribution is 2.23. The Hall–Kier alpha value is -1.54. The zero-order chi connectivity index (χ0) is 14.5. The molecular formula is C12H11F2N3OS2. The molecule has 1 amide bonds. The van der Waals surface area contributed by atoms with E-state index in [4.69, 9.17) is 0 Å². The van der Waals surface area contributed by atoms with Gasteiger partial charge < -0.3 is 5.32 Å². The Labute approximate surface area is 122 Å². The van der Waals surface area contributed by atoms with Crippen molar-refractivity contribution in [3.8, 4) is 0 Å². The highest BCUT2D eigenvalue weighted by molar-refractivity contribution is 8.01. The molecule has 1 aromatic carbocycles. The zero-order valence-electron chi connectivity index (χ0n) is 10.5. The van der Waals surface area contributed by atoms with Crippen molar-refractivity contribution in [1.29, 1.82) is 0 Å². The van der Waals surface area contributed by atoms with E-state index < -0.39 is 23.1 Å². The number of thioether (sulfide) groups is 1. The number of nitrogens with one attached hydrogen (secondary N) is 1. The predicted molar refractivity (Wildman–Crippen MR) is 74.1 cm³/mol. The van der Waals surface area contributed by atoms with Gasteiger partial charge in [-0.25, -0.2) is 8.78 Å². The van der Waals surface area contributed by atoms with Crippen molar-refractivity contribution >= 4 is 29.2 Å². The molecule has 0 aliphatic heterocycles. The largest absolute Gasteiger partial charge is 0.351 e. The number of nitrogens with zero attached hydrogens (tertiary/aromatic N) is 2. The molecule has 0 aliphatic carbocycles. The Morgan fingerprint density at radius 2 is 2.10 bits per heavy atom. The van der Waals surface area contributed by atoms with Gasteiger partial charge in [0.1, 0.15) is 21.4 Å². The van der Waals surface area contributed by atoms with E-state index in [2.05, 4.69) is 14.9 Å². The molecular weight excluding hydrogens is 304 g/mol. The molecule has 0 bridgehead atoms. The number of halogens is 2. The Bertz CT molecular complexity index is 598. The summed E-state index contributed by atoms with van der Waals surface area (Å²) in [4.78, 5) is 11.7. The number of rotatable bonds is 5. The van der Waals surface area contributed by atoms with Crippen LogP contribution in [-0.4, -0.2) is 27.8 Å². The van der Waals surface area contributed by atoms with E-state index in [1.807, 2.05) is 6.92 Å². The molecule has 4 nitrogen and oxygen atoms in total. The number of hydrogen-bond acceptors (Lipinski definition) is 5. The minimum atomic E-state index is -0.863. The van der Waals surface area contributed by atoms with Gasteiger partial charge in [-0.3, -0.25) is 4.79 Å². The summed E-state index contributed by atoms with van der Waals surface area (Å²) in [6.07, 6.45) is 0. The predicted octanol–water partition coefficient (Wildman–Crippen LogP) is 2.65. The first-order valence-electron chi connectivity index (χ1n) is 5.73. The fraction of sp³-hybridized carbons (Fsp3) is 0.250. The van der Waals surface area contributed by atoms with Crippen molar-refractivity contribution in [2.45, 2.75) is 11.1 Å². The van der Waals surface area contributed by atoms with Gasteiger partial charge in [0.05, 0.1) is 5.69 Å². The second kappa shape index (κ2) is 6.76. The molecule has 20 heavy (non-hydrogen) atoms. The second-order valence-electron chi connectivity index (χ2n) is 3.85. The Morgan fingerprint density at radius 1 is 1.40 bits per heavy atom. The van der Waals surface area contributed by atoms with Gasteiger partial charge >= 0.3 is 0 Å². The molecule has 0 spiro atoms. The molecule has 1 aromatic heterocycles. The average Bonchev–Trinajstić information content (AvgIpc) is 2.80. The summed E-state index contributed by atoms with van der Waals surface area (Å²) in [6.45, 7) is 2.15. The second-order valence-corrected chi connectivity index (χ2v) is 5.96. The maximum atomic E-state index is 13.4. The van der Waals surface area contributed by atoms with E-state index in [9.17, 15) is 13.6 Å². The summed E-state index contributed by atoms with van der Waals surface area (Å²) in [5, 5.41) is 6.35. The molecule has 0 saturated carbocycles. The topological polar surface area (TPSA) is 54.9 Å². The molecule has 2 rings (SSSR count). The minimum Gasteiger partial charge on any atom is -0.351 e. The molecule has 0 fully saturated rings. The molecule has 2 aromatic rings. The standard InChI is InChI=1S/C12H11F2N3OS2/c1-7-12(20-17-16-7)19-6-5-15-11(18)10-8(13)3-2-4-9(10)14/h2-4H,5-6H2,1H3,(H,15,18). The van der Waals surface area contributed by atoms with Crippen LogP contribution in [0, 0.1) is 18.6 Å². The summed E-state index contributed by atoms with van der Waals surface area (Å²) in [5.41, 5.74) is 0.291. The molecule has 0 aliphatic rings. The van der Waals surface area contributed by atoms with Gasteiger partial charge in [0.15, 0.2) is 0 Å². The fourth-order valence-corrected chi connectivity index (χ4v) is 3.08. The number of aromatic nitrogens is 2. The average molecular weight is 315 g/mol. The van der Waals surface area contributed by atoms with Gasteiger partial charge in [-0.05, 0) is 30.6 Å². The molecule has 8 heteroatoms. The molecule has 106 valence electrons. The number of hydrogen-bond donors (Lipinski definition) is 1. The third kappa shape index (κ3) is 3.51. The third-order valence-corrected chi connectivity index (χ3v) is 4.59. The normalized spacial score (nSPS) is 10.6. The van der Waals surface area contributed by atoms with E-state index in [0.29, 0.717) is 12.3 Å². The maximum absolute atomic E-state index is 13.4. The third-order valence-electron chi connectivity index (χ3n) is 2.42. The first-order chi connectivity index (χ1) is 9.59. The van der Waals surface area contributed by atoms with E-state index in [-0.39, 0.29) is 0 Å². The molecule has 0 unspecified atom stereocenters. The van der Waals surface area contributed by atoms with Crippen LogP contribution in [0.1, 0.15) is 16.1 Å². The van der Waals surface area contributed by atoms with Crippen molar-refractivity contribution in [1.82, 2.24) is 14.9 Å². The monoisotopic (exact) mass is 315 g/mol. The van der Waals surface area contributed by atoms with Crippen LogP contribution in [0.15, 0.2) is 22.4 Å². The molecule has 0 atom stereocenters. The molecule has 0 radical (unpaired) electrons. The first kappa shape index (κ1) is 14.9. The van der Waals surface area contributed by atoms with Crippen LogP contribution < -0.4 is 5.32 Å². The number of carbonyl (C=O) groups is 1. The van der Waals surface area contributed by atoms with Crippen molar-refractivity contribution in [3.05, 3.63) is 41.1 Å². The van der Waals surface area contributed by atoms with Crippen LogP contribution in [0.3, 0.4) is 0 Å². The smallest absolute Gasteiger partial charge is 0.257 e. The maximum Gasteiger partial charge on any atom is 0.257 e. The van der Waals surface area contributed by atoms with Gasteiger partial charge in [0.2, 0.25) is 0 Å². The summed E-state index contributed by atoms with van der Waals surface area (Å²) >= 11 is 2.77. The fourth-order valence-electron chi connectivity index (χ4n) is 1.47.